The van der Waals surface area contributed by atoms with E-state index in [0.717, 1.165) is 29.7 Å². The highest BCUT2D eigenvalue weighted by molar-refractivity contribution is 7.17. The first-order valence-electron chi connectivity index (χ1n) is 6.99. The van der Waals surface area contributed by atoms with E-state index in [1.807, 2.05) is 0 Å². The molecule has 2 rings (SSSR count). The molecule has 0 saturated heterocycles. The number of rotatable bonds is 4. The summed E-state index contributed by atoms with van der Waals surface area (Å²) >= 11 is 1.42. The molecule has 1 heterocycles. The van der Waals surface area contributed by atoms with Gasteiger partial charge in [0.1, 0.15) is 5.00 Å². The van der Waals surface area contributed by atoms with Gasteiger partial charge in [-0.05, 0) is 31.7 Å². The molecule has 114 valence electrons. The van der Waals surface area contributed by atoms with E-state index in [2.05, 4.69) is 10.6 Å². The van der Waals surface area contributed by atoms with Crippen LogP contribution < -0.4 is 10.6 Å². The van der Waals surface area contributed by atoms with Crippen molar-refractivity contribution in [1.82, 2.24) is 5.32 Å². The van der Waals surface area contributed by atoms with E-state index >= 15 is 0 Å². The average Bonchev–Trinajstić information content (AvgIpc) is 2.98. The third-order valence-corrected chi connectivity index (χ3v) is 4.42. The van der Waals surface area contributed by atoms with Crippen LogP contribution in [0.25, 0.3) is 0 Å². The van der Waals surface area contributed by atoms with Crippen molar-refractivity contribution < 1.29 is 19.1 Å². The standard InChI is InChI=1S/C14H18N2O4S/c1-3-10(17)15-13-11(8-6-5-7-9(8)21-13)12(18)16-14(19)20-4-2/h3-7H2,1-2H3,(H,15,17)(H,16,18,19). The smallest absolute Gasteiger partial charge is 0.414 e. The molecule has 0 saturated carbocycles. The first-order valence-corrected chi connectivity index (χ1v) is 7.80. The van der Waals surface area contributed by atoms with E-state index < -0.39 is 12.0 Å². The average molecular weight is 310 g/mol. The highest BCUT2D eigenvalue weighted by Gasteiger charge is 2.28. The van der Waals surface area contributed by atoms with Crippen LogP contribution in [-0.4, -0.2) is 24.5 Å². The summed E-state index contributed by atoms with van der Waals surface area (Å²) in [5.41, 5.74) is 1.34. The molecule has 6 nitrogen and oxygen atoms in total. The quantitative estimate of drug-likeness (QED) is 0.894. The Kier molecular flexibility index (Phi) is 4.95. The minimum atomic E-state index is -0.770. The molecule has 1 aliphatic carbocycles. The first kappa shape index (κ1) is 15.5. The van der Waals surface area contributed by atoms with Gasteiger partial charge in [0, 0.05) is 11.3 Å². The summed E-state index contributed by atoms with van der Waals surface area (Å²) in [7, 11) is 0. The van der Waals surface area contributed by atoms with Gasteiger partial charge >= 0.3 is 6.09 Å². The molecule has 1 aromatic rings. The number of ether oxygens (including phenoxy) is 1. The normalized spacial score (nSPS) is 12.7. The molecule has 3 amide bonds. The van der Waals surface area contributed by atoms with E-state index in [4.69, 9.17) is 4.74 Å². The van der Waals surface area contributed by atoms with Gasteiger partial charge in [-0.2, -0.15) is 0 Å². The molecular weight excluding hydrogens is 292 g/mol. The molecule has 2 N–H and O–H groups in total. The minimum Gasteiger partial charge on any atom is -0.450 e. The first-order chi connectivity index (χ1) is 10.1. The van der Waals surface area contributed by atoms with E-state index in [1.165, 1.54) is 11.3 Å². The van der Waals surface area contributed by atoms with Crippen LogP contribution in [0.15, 0.2) is 0 Å². The van der Waals surface area contributed by atoms with Gasteiger partial charge in [-0.3, -0.25) is 14.9 Å². The van der Waals surface area contributed by atoms with E-state index in [0.29, 0.717) is 17.0 Å². The van der Waals surface area contributed by atoms with Crippen LogP contribution in [0.4, 0.5) is 9.80 Å². The predicted octanol–water partition coefficient (Wildman–Crippen LogP) is 2.47. The maximum Gasteiger partial charge on any atom is 0.414 e. The second-order valence-corrected chi connectivity index (χ2v) is 5.74. The van der Waals surface area contributed by atoms with Crippen LogP contribution in [0.5, 0.6) is 0 Å². The molecule has 0 atom stereocenters. The lowest BCUT2D eigenvalue weighted by molar-refractivity contribution is -0.115. The lowest BCUT2D eigenvalue weighted by atomic mass is 10.1. The van der Waals surface area contributed by atoms with Gasteiger partial charge in [-0.15, -0.1) is 11.3 Å². The number of aryl methyl sites for hydroxylation is 1. The SMILES string of the molecule is CCOC(=O)NC(=O)c1c(NC(=O)CC)sc2c1CCC2. The summed E-state index contributed by atoms with van der Waals surface area (Å²) in [6.07, 6.45) is 2.25. The number of nitrogens with one attached hydrogen (secondary N) is 2. The van der Waals surface area contributed by atoms with E-state index in [-0.39, 0.29) is 12.5 Å². The Bertz CT molecular complexity index is 580. The fraction of sp³-hybridized carbons (Fsp3) is 0.500. The number of hydrogen-bond acceptors (Lipinski definition) is 5. The van der Waals surface area contributed by atoms with Crippen LogP contribution in [0.3, 0.4) is 0 Å². The molecule has 7 heteroatoms. The van der Waals surface area contributed by atoms with Gasteiger partial charge in [0.25, 0.3) is 5.91 Å². The summed E-state index contributed by atoms with van der Waals surface area (Å²) in [6.45, 7) is 3.61. The van der Waals surface area contributed by atoms with Gasteiger partial charge in [-0.25, -0.2) is 4.79 Å². The number of imide groups is 1. The summed E-state index contributed by atoms with van der Waals surface area (Å²) in [5.74, 6) is -0.667. The third kappa shape index (κ3) is 3.41. The van der Waals surface area contributed by atoms with Crippen molar-refractivity contribution in [3.8, 4) is 0 Å². The fourth-order valence-electron chi connectivity index (χ4n) is 2.27. The van der Waals surface area contributed by atoms with Crippen molar-refractivity contribution in [1.29, 1.82) is 0 Å². The third-order valence-electron chi connectivity index (χ3n) is 3.21. The van der Waals surface area contributed by atoms with Crippen molar-refractivity contribution >= 4 is 34.2 Å². The Morgan fingerprint density at radius 2 is 2.00 bits per heavy atom. The van der Waals surface area contributed by atoms with Crippen LogP contribution in [0.2, 0.25) is 0 Å². The highest BCUT2D eigenvalue weighted by Crippen LogP contribution is 2.39. The Balaban J connectivity index is 2.25. The molecule has 0 fully saturated rings. The highest BCUT2D eigenvalue weighted by atomic mass is 32.1. The van der Waals surface area contributed by atoms with E-state index in [1.54, 1.807) is 13.8 Å². The molecule has 0 radical (unpaired) electrons. The zero-order valence-electron chi connectivity index (χ0n) is 12.1. The molecule has 1 aliphatic rings. The molecule has 0 unspecified atom stereocenters. The van der Waals surface area contributed by atoms with Gasteiger partial charge < -0.3 is 10.1 Å². The zero-order valence-corrected chi connectivity index (χ0v) is 12.9. The number of hydrogen-bond donors (Lipinski definition) is 2. The van der Waals surface area contributed by atoms with Crippen molar-refractivity contribution in [3.05, 3.63) is 16.0 Å². The fourth-order valence-corrected chi connectivity index (χ4v) is 3.57. The number of carbonyl (C=O) groups is 3. The molecule has 1 aromatic heterocycles. The number of fused-ring (bicyclic) bond motifs is 1. The Morgan fingerprint density at radius 3 is 2.67 bits per heavy atom. The monoisotopic (exact) mass is 310 g/mol. The Morgan fingerprint density at radius 1 is 1.24 bits per heavy atom. The molecule has 0 spiro atoms. The van der Waals surface area contributed by atoms with E-state index in [9.17, 15) is 14.4 Å². The maximum atomic E-state index is 12.3. The second kappa shape index (κ2) is 6.71. The Hall–Kier alpha value is -1.89. The molecule has 21 heavy (non-hydrogen) atoms. The summed E-state index contributed by atoms with van der Waals surface area (Å²) in [6, 6.07) is 0. The lowest BCUT2D eigenvalue weighted by Gasteiger charge is -2.08. The second-order valence-electron chi connectivity index (χ2n) is 4.64. The minimum absolute atomic E-state index is 0.153. The lowest BCUT2D eigenvalue weighted by Crippen LogP contribution is -2.32. The largest absolute Gasteiger partial charge is 0.450 e. The van der Waals surface area contributed by atoms with Crippen LogP contribution >= 0.6 is 11.3 Å². The number of anilines is 1. The van der Waals surface area contributed by atoms with Gasteiger partial charge in [0.05, 0.1) is 12.2 Å². The molecular formula is C14H18N2O4S. The maximum absolute atomic E-state index is 12.3. The number of alkyl carbamates (subject to hydrolysis) is 1. The van der Waals surface area contributed by atoms with Crippen LogP contribution in [-0.2, 0) is 22.4 Å². The van der Waals surface area contributed by atoms with Gasteiger partial charge in [0.15, 0.2) is 0 Å². The van der Waals surface area contributed by atoms with Crippen molar-refractivity contribution in [3.63, 3.8) is 0 Å². The molecule has 0 aliphatic heterocycles. The predicted molar refractivity (Wildman–Crippen MR) is 79.8 cm³/mol. The summed E-state index contributed by atoms with van der Waals surface area (Å²) < 4.78 is 4.72. The number of thiophene rings is 1. The van der Waals surface area contributed by atoms with Crippen LogP contribution in [0, 0.1) is 0 Å². The van der Waals surface area contributed by atoms with Crippen molar-refractivity contribution in [2.24, 2.45) is 0 Å². The van der Waals surface area contributed by atoms with Gasteiger partial charge in [-0.1, -0.05) is 6.92 Å². The summed E-state index contributed by atoms with van der Waals surface area (Å²) in [5, 5.41) is 5.46. The van der Waals surface area contributed by atoms with Crippen LogP contribution in [0.1, 0.15) is 47.5 Å². The Labute approximate surface area is 126 Å². The summed E-state index contributed by atoms with van der Waals surface area (Å²) in [4.78, 5) is 36.4. The topological polar surface area (TPSA) is 84.5 Å². The zero-order chi connectivity index (χ0) is 15.4. The van der Waals surface area contributed by atoms with Crippen molar-refractivity contribution in [2.45, 2.75) is 39.5 Å². The molecule has 0 bridgehead atoms. The number of carbonyl (C=O) groups excluding carboxylic acids is 3. The molecule has 0 aromatic carbocycles. The van der Waals surface area contributed by atoms with Gasteiger partial charge in [0.2, 0.25) is 5.91 Å². The van der Waals surface area contributed by atoms with Crippen molar-refractivity contribution in [2.75, 3.05) is 11.9 Å². The number of amides is 3.